The number of aromatic nitrogens is 1. The van der Waals surface area contributed by atoms with Crippen LogP contribution in [0.25, 0.3) is 10.9 Å². The number of ether oxygens (including phenoxy) is 5. The number of carbonyl (C=O) groups is 1. The molecule has 1 amide bonds. The Kier molecular flexibility index (Phi) is 9.22. The number of carbonyl (C=O) groups excluding carboxylic acids is 1. The van der Waals surface area contributed by atoms with E-state index in [0.717, 1.165) is 72.9 Å². The minimum Gasteiger partial charge on any atom is -0.497 e. The van der Waals surface area contributed by atoms with Gasteiger partial charge in [-0.05, 0) is 66.9 Å². The van der Waals surface area contributed by atoms with Gasteiger partial charge in [0.15, 0.2) is 17.3 Å². The second kappa shape index (κ2) is 13.4. The molecule has 3 aromatic rings. The fourth-order valence-corrected chi connectivity index (χ4v) is 6.68. The lowest BCUT2D eigenvalue weighted by atomic mass is 9.78. The Hall–Kier alpha value is -3.84. The predicted octanol–water partition coefficient (Wildman–Crippen LogP) is 5.95. The molecule has 0 saturated carbocycles. The highest BCUT2D eigenvalue weighted by Crippen LogP contribution is 2.46. The number of morpholine rings is 1. The summed E-state index contributed by atoms with van der Waals surface area (Å²) in [6.45, 7) is 7.65. The van der Waals surface area contributed by atoms with Crippen LogP contribution in [0.5, 0.6) is 11.5 Å². The van der Waals surface area contributed by atoms with Crippen molar-refractivity contribution in [3.8, 4) is 11.5 Å². The molecule has 1 N–H and O–H groups in total. The van der Waals surface area contributed by atoms with Crippen molar-refractivity contribution < 1.29 is 28.5 Å². The number of hydrogen-bond donors (Lipinski definition) is 1. The number of hydrogen-bond acceptors (Lipinski definition) is 7. The van der Waals surface area contributed by atoms with Gasteiger partial charge >= 0.3 is 6.09 Å². The molecular weight excluding hydrogens is 582 g/mol. The van der Waals surface area contributed by atoms with Crippen LogP contribution in [0.15, 0.2) is 54.0 Å². The first kappa shape index (κ1) is 30.2. The van der Waals surface area contributed by atoms with Gasteiger partial charge < -0.3 is 28.7 Å². The van der Waals surface area contributed by atoms with E-state index in [1.165, 1.54) is 0 Å². The van der Waals surface area contributed by atoms with Crippen LogP contribution in [0, 0.1) is 24.0 Å². The summed E-state index contributed by atoms with van der Waals surface area (Å²) in [5.74, 6) is 2.09. The largest absolute Gasteiger partial charge is 0.497 e. The van der Waals surface area contributed by atoms with Crippen LogP contribution in [0.3, 0.4) is 0 Å². The van der Waals surface area contributed by atoms with Crippen molar-refractivity contribution in [3.63, 3.8) is 0 Å². The minimum absolute atomic E-state index is 0.0821. The zero-order valence-corrected chi connectivity index (χ0v) is 26.1. The monoisotopic (exact) mass is 619 g/mol. The third-order valence-corrected chi connectivity index (χ3v) is 8.99. The molecule has 0 bridgehead atoms. The molecular formula is C34H38ClN3O6. The van der Waals surface area contributed by atoms with Crippen molar-refractivity contribution in [3.05, 3.63) is 82.4 Å². The van der Waals surface area contributed by atoms with Crippen LogP contribution < -0.4 is 9.47 Å². The number of rotatable bonds is 9. The molecule has 6 rings (SSSR count). The number of methoxy groups -OCH3 is 2. The van der Waals surface area contributed by atoms with Gasteiger partial charge in [-0.25, -0.2) is 4.79 Å². The Morgan fingerprint density at radius 1 is 1.09 bits per heavy atom. The molecule has 10 heteroatoms. The SMILES string of the molecule is COC1=C(OCCCN2CCOCC2)C=CC(C2c3[nH]c4ccc(Cl)cc4c3CCN2C(=O)Oc2c#cc(OC)cc2)C1C. The van der Waals surface area contributed by atoms with Gasteiger partial charge in [-0.1, -0.05) is 24.6 Å². The first-order valence-electron chi connectivity index (χ1n) is 15.1. The molecule has 0 radical (unpaired) electrons. The number of H-pyrrole nitrogens is 1. The van der Waals surface area contributed by atoms with Gasteiger partial charge in [-0.3, -0.25) is 9.80 Å². The molecule has 44 heavy (non-hydrogen) atoms. The highest BCUT2D eigenvalue weighted by atomic mass is 35.5. The average Bonchev–Trinajstić information content (AvgIpc) is 3.41. The summed E-state index contributed by atoms with van der Waals surface area (Å²) in [6.07, 6.45) is 5.24. The van der Waals surface area contributed by atoms with Crippen LogP contribution in [-0.2, 0) is 20.6 Å². The van der Waals surface area contributed by atoms with Crippen LogP contribution in [0.2, 0.25) is 5.02 Å². The second-order valence-corrected chi connectivity index (χ2v) is 11.7. The number of amides is 1. The molecule has 3 atom stereocenters. The van der Waals surface area contributed by atoms with Crippen LogP contribution >= 0.6 is 11.6 Å². The van der Waals surface area contributed by atoms with Crippen molar-refractivity contribution in [1.29, 1.82) is 0 Å². The van der Waals surface area contributed by atoms with E-state index in [-0.39, 0.29) is 23.6 Å². The second-order valence-electron chi connectivity index (χ2n) is 11.3. The first-order chi connectivity index (χ1) is 21.5. The molecule has 3 heterocycles. The standard InChI is InChI=1S/C34H38ClN3O6/c1-22-26(10-12-30(33(22)41-3)43-18-4-14-37-16-19-42-20-17-37)32-31-27(28-21-23(35)5-11-29(28)36-31)13-15-38(32)34(39)44-25-8-6-24(40-2)7-9-25/h5-6,8,10-12,21-22,26,32,36H,4,13-20H2,1-3H3. The Morgan fingerprint density at radius 3 is 2.64 bits per heavy atom. The van der Waals surface area contributed by atoms with Gasteiger partial charge in [0.05, 0.1) is 40.1 Å². The number of fused-ring (bicyclic) bond motifs is 3. The van der Waals surface area contributed by atoms with E-state index in [2.05, 4.69) is 35.0 Å². The Morgan fingerprint density at radius 2 is 1.89 bits per heavy atom. The molecule has 232 valence electrons. The van der Waals surface area contributed by atoms with E-state index in [4.69, 9.17) is 35.3 Å². The van der Waals surface area contributed by atoms with E-state index in [1.54, 1.807) is 31.3 Å². The summed E-state index contributed by atoms with van der Waals surface area (Å²) in [4.78, 5) is 21.6. The summed E-state index contributed by atoms with van der Waals surface area (Å²) in [7, 11) is 3.23. The summed E-state index contributed by atoms with van der Waals surface area (Å²) in [6, 6.07) is 14.6. The van der Waals surface area contributed by atoms with Crippen LogP contribution in [-0.4, -0.2) is 81.1 Å². The lowest BCUT2D eigenvalue weighted by Crippen LogP contribution is -2.46. The number of nitrogens with one attached hydrogen (secondary N) is 1. The van der Waals surface area contributed by atoms with Gasteiger partial charge in [0, 0.05) is 59.6 Å². The smallest absolute Gasteiger partial charge is 0.416 e. The molecule has 3 unspecified atom stereocenters. The first-order valence-corrected chi connectivity index (χ1v) is 15.5. The molecule has 1 aliphatic carbocycles. The zero-order chi connectivity index (χ0) is 30.6. The molecule has 2 aromatic carbocycles. The number of nitrogens with zero attached hydrogens (tertiary/aromatic N) is 2. The van der Waals surface area contributed by atoms with E-state index in [0.29, 0.717) is 30.3 Å². The van der Waals surface area contributed by atoms with Gasteiger partial charge in [-0.15, -0.1) is 0 Å². The molecule has 9 nitrogen and oxygen atoms in total. The van der Waals surface area contributed by atoms with Crippen molar-refractivity contribution in [2.24, 2.45) is 11.8 Å². The van der Waals surface area contributed by atoms with Gasteiger partial charge in [0.2, 0.25) is 0 Å². The molecule has 1 aromatic heterocycles. The Balaban J connectivity index is 1.26. The molecule has 1 saturated heterocycles. The molecule has 1 fully saturated rings. The maximum Gasteiger partial charge on any atom is 0.416 e. The molecule has 2 aliphatic heterocycles. The van der Waals surface area contributed by atoms with E-state index in [1.807, 2.05) is 24.3 Å². The van der Waals surface area contributed by atoms with E-state index in [9.17, 15) is 4.79 Å². The normalized spacial score (nSPS) is 22.0. The van der Waals surface area contributed by atoms with Crippen molar-refractivity contribution in [2.45, 2.75) is 25.8 Å². The fourth-order valence-electron chi connectivity index (χ4n) is 6.51. The third kappa shape index (κ3) is 6.20. The summed E-state index contributed by atoms with van der Waals surface area (Å²) in [5.41, 5.74) is 3.12. The number of allylic oxidation sites excluding steroid dienone is 2. The average molecular weight is 620 g/mol. The number of halogens is 1. The quantitative estimate of drug-likeness (QED) is 0.296. The van der Waals surface area contributed by atoms with Crippen molar-refractivity contribution in [2.75, 3.05) is 60.2 Å². The van der Waals surface area contributed by atoms with Crippen LogP contribution in [0.4, 0.5) is 4.79 Å². The number of benzene rings is 1. The number of aromatic amines is 1. The lowest BCUT2D eigenvalue weighted by Gasteiger charge is -2.42. The van der Waals surface area contributed by atoms with Gasteiger partial charge in [0.1, 0.15) is 5.76 Å². The highest BCUT2D eigenvalue weighted by Gasteiger charge is 2.43. The lowest BCUT2D eigenvalue weighted by molar-refractivity contribution is 0.0339. The van der Waals surface area contributed by atoms with E-state index < -0.39 is 6.09 Å². The van der Waals surface area contributed by atoms with Gasteiger partial charge in [-0.2, -0.15) is 0 Å². The zero-order valence-electron chi connectivity index (χ0n) is 25.4. The minimum atomic E-state index is -0.458. The third-order valence-electron chi connectivity index (χ3n) is 8.75. The van der Waals surface area contributed by atoms with Crippen molar-refractivity contribution >= 4 is 28.6 Å². The summed E-state index contributed by atoms with van der Waals surface area (Å²) >= 11 is 6.40. The summed E-state index contributed by atoms with van der Waals surface area (Å²) < 4.78 is 28.6. The highest BCUT2D eigenvalue weighted by molar-refractivity contribution is 6.31. The summed E-state index contributed by atoms with van der Waals surface area (Å²) in [5, 5.41) is 1.75. The fraction of sp³-hybridized carbons (Fsp3) is 0.441. The van der Waals surface area contributed by atoms with E-state index >= 15 is 0 Å². The molecule has 3 aliphatic rings. The topological polar surface area (TPSA) is 85.5 Å². The maximum absolute atomic E-state index is 13.8. The molecule has 0 spiro atoms. The van der Waals surface area contributed by atoms with Crippen molar-refractivity contribution in [1.82, 2.24) is 14.8 Å². The predicted molar refractivity (Wildman–Crippen MR) is 167 cm³/mol. The maximum atomic E-state index is 13.8. The Bertz CT molecular complexity index is 1530. The van der Waals surface area contributed by atoms with Crippen LogP contribution in [0.1, 0.15) is 30.6 Å². The van der Waals surface area contributed by atoms with Gasteiger partial charge in [0.25, 0.3) is 0 Å². The Labute approximate surface area is 263 Å².